The van der Waals surface area contributed by atoms with Gasteiger partial charge in [0.1, 0.15) is 5.75 Å². The zero-order chi connectivity index (χ0) is 14.8. The van der Waals surface area contributed by atoms with E-state index < -0.39 is 12.0 Å². The lowest BCUT2D eigenvalue weighted by Crippen LogP contribution is -2.41. The first kappa shape index (κ1) is 15.8. The van der Waals surface area contributed by atoms with Crippen molar-refractivity contribution in [1.82, 2.24) is 10.9 Å². The van der Waals surface area contributed by atoms with Crippen molar-refractivity contribution >= 4 is 12.0 Å². The van der Waals surface area contributed by atoms with E-state index in [1.54, 1.807) is 31.2 Å². The maximum Gasteiger partial charge on any atom is 0.426 e. The highest BCUT2D eigenvalue weighted by Gasteiger charge is 2.07. The molecular weight excluding hydrogens is 260 g/mol. The van der Waals surface area contributed by atoms with Crippen molar-refractivity contribution in [2.75, 3.05) is 13.2 Å². The summed E-state index contributed by atoms with van der Waals surface area (Å²) in [6.45, 7) is 4.67. The highest BCUT2D eigenvalue weighted by Crippen LogP contribution is 2.12. The molecule has 2 amide bonds. The van der Waals surface area contributed by atoms with Gasteiger partial charge in [-0.05, 0) is 37.6 Å². The van der Waals surface area contributed by atoms with Crippen molar-refractivity contribution in [2.45, 2.75) is 26.7 Å². The van der Waals surface area contributed by atoms with Crippen LogP contribution in [0.4, 0.5) is 4.79 Å². The molecule has 0 spiro atoms. The first-order valence-electron chi connectivity index (χ1n) is 6.63. The van der Waals surface area contributed by atoms with E-state index in [4.69, 9.17) is 4.74 Å². The lowest BCUT2D eigenvalue weighted by Gasteiger charge is -2.08. The predicted octanol–water partition coefficient (Wildman–Crippen LogP) is 2.26. The standard InChI is InChI=1S/C14H20N2O4/c1-3-5-10-20-12-8-6-11(7-9-12)13(17)15-16-14(18)19-4-2/h6-9H,3-5,10H2,1-2H3,(H,15,17)(H,16,18). The molecule has 2 N–H and O–H groups in total. The molecule has 0 radical (unpaired) electrons. The van der Waals surface area contributed by atoms with Gasteiger partial charge in [-0.1, -0.05) is 13.3 Å². The molecule has 1 aromatic rings. The minimum Gasteiger partial charge on any atom is -0.494 e. The van der Waals surface area contributed by atoms with Crippen LogP contribution in [0.2, 0.25) is 0 Å². The smallest absolute Gasteiger partial charge is 0.426 e. The van der Waals surface area contributed by atoms with E-state index in [-0.39, 0.29) is 6.61 Å². The SMILES string of the molecule is CCCCOc1ccc(C(=O)NNC(=O)OCC)cc1. The molecule has 0 aliphatic carbocycles. The van der Waals surface area contributed by atoms with Gasteiger partial charge in [0.25, 0.3) is 5.91 Å². The molecule has 0 heterocycles. The van der Waals surface area contributed by atoms with Gasteiger partial charge < -0.3 is 9.47 Å². The van der Waals surface area contributed by atoms with E-state index in [2.05, 4.69) is 22.5 Å². The topological polar surface area (TPSA) is 76.7 Å². The van der Waals surface area contributed by atoms with Crippen molar-refractivity contribution in [3.05, 3.63) is 29.8 Å². The fourth-order valence-corrected chi connectivity index (χ4v) is 1.38. The number of amides is 2. The van der Waals surface area contributed by atoms with Crippen molar-refractivity contribution in [1.29, 1.82) is 0 Å². The molecule has 0 aliphatic rings. The minimum absolute atomic E-state index is 0.242. The molecule has 0 aliphatic heterocycles. The molecule has 0 saturated heterocycles. The van der Waals surface area contributed by atoms with E-state index in [1.165, 1.54) is 0 Å². The zero-order valence-corrected chi connectivity index (χ0v) is 11.8. The second kappa shape index (κ2) is 8.79. The van der Waals surface area contributed by atoms with Crippen LogP contribution in [0, 0.1) is 0 Å². The molecule has 0 fully saturated rings. The Labute approximate surface area is 118 Å². The van der Waals surface area contributed by atoms with Crippen molar-refractivity contribution in [2.24, 2.45) is 0 Å². The Morgan fingerprint density at radius 3 is 2.40 bits per heavy atom. The molecule has 0 unspecified atom stereocenters. The highest BCUT2D eigenvalue weighted by atomic mass is 16.6. The average Bonchev–Trinajstić information content (AvgIpc) is 2.46. The van der Waals surface area contributed by atoms with Gasteiger partial charge in [0.15, 0.2) is 0 Å². The van der Waals surface area contributed by atoms with Crippen LogP contribution < -0.4 is 15.6 Å². The molecule has 110 valence electrons. The third kappa shape index (κ3) is 5.60. The Balaban J connectivity index is 2.42. The normalized spacial score (nSPS) is 9.70. The molecule has 6 nitrogen and oxygen atoms in total. The van der Waals surface area contributed by atoms with Crippen LogP contribution in [0.3, 0.4) is 0 Å². The molecule has 6 heteroatoms. The van der Waals surface area contributed by atoms with Crippen molar-refractivity contribution < 1.29 is 19.1 Å². The summed E-state index contributed by atoms with van der Waals surface area (Å²) in [5.41, 5.74) is 4.82. The minimum atomic E-state index is -0.694. The Bertz CT molecular complexity index is 431. The Hall–Kier alpha value is -2.24. The molecule has 1 aromatic carbocycles. The highest BCUT2D eigenvalue weighted by molar-refractivity contribution is 5.95. The number of rotatable bonds is 6. The quantitative estimate of drug-likeness (QED) is 0.619. The van der Waals surface area contributed by atoms with Gasteiger partial charge in [-0.15, -0.1) is 0 Å². The Kier molecular flexibility index (Phi) is 6.95. The van der Waals surface area contributed by atoms with Crippen LogP contribution >= 0.6 is 0 Å². The lowest BCUT2D eigenvalue weighted by atomic mass is 10.2. The number of benzene rings is 1. The van der Waals surface area contributed by atoms with Crippen LogP contribution in [0.1, 0.15) is 37.0 Å². The Morgan fingerprint density at radius 2 is 1.80 bits per heavy atom. The molecule has 0 saturated carbocycles. The summed E-state index contributed by atoms with van der Waals surface area (Å²) in [5.74, 6) is 0.298. The molecule has 0 bridgehead atoms. The fourth-order valence-electron chi connectivity index (χ4n) is 1.38. The summed E-state index contributed by atoms with van der Waals surface area (Å²) >= 11 is 0. The summed E-state index contributed by atoms with van der Waals surface area (Å²) in [6, 6.07) is 6.69. The van der Waals surface area contributed by atoms with E-state index in [9.17, 15) is 9.59 Å². The van der Waals surface area contributed by atoms with Crippen molar-refractivity contribution in [3.63, 3.8) is 0 Å². The summed E-state index contributed by atoms with van der Waals surface area (Å²) in [7, 11) is 0. The second-order valence-corrected chi connectivity index (χ2v) is 4.03. The zero-order valence-electron chi connectivity index (χ0n) is 11.8. The van der Waals surface area contributed by atoms with Crippen LogP contribution in [0.15, 0.2) is 24.3 Å². The van der Waals surface area contributed by atoms with Gasteiger partial charge in [0.05, 0.1) is 13.2 Å². The fraction of sp³-hybridized carbons (Fsp3) is 0.429. The van der Waals surface area contributed by atoms with Crippen molar-refractivity contribution in [3.8, 4) is 5.75 Å². The number of ether oxygens (including phenoxy) is 2. The first-order valence-corrected chi connectivity index (χ1v) is 6.63. The van der Waals surface area contributed by atoms with E-state index in [1.807, 2.05) is 0 Å². The number of hydrogen-bond donors (Lipinski definition) is 2. The molecule has 0 aromatic heterocycles. The largest absolute Gasteiger partial charge is 0.494 e. The molecule has 1 rings (SSSR count). The van der Waals surface area contributed by atoms with Gasteiger partial charge in [0.2, 0.25) is 0 Å². The first-order chi connectivity index (χ1) is 9.67. The van der Waals surface area contributed by atoms with E-state index in [0.29, 0.717) is 17.9 Å². The maximum atomic E-state index is 11.7. The third-order valence-corrected chi connectivity index (χ3v) is 2.44. The van der Waals surface area contributed by atoms with Gasteiger partial charge in [-0.25, -0.2) is 10.2 Å². The summed E-state index contributed by atoms with van der Waals surface area (Å²) in [4.78, 5) is 22.7. The summed E-state index contributed by atoms with van der Waals surface area (Å²) in [6.07, 6.45) is 1.37. The third-order valence-electron chi connectivity index (χ3n) is 2.44. The van der Waals surface area contributed by atoms with E-state index >= 15 is 0 Å². The van der Waals surface area contributed by atoms with Gasteiger partial charge in [0, 0.05) is 5.56 Å². The Morgan fingerprint density at radius 1 is 1.10 bits per heavy atom. The number of unbranched alkanes of at least 4 members (excludes halogenated alkanes) is 1. The second-order valence-electron chi connectivity index (χ2n) is 4.03. The van der Waals surface area contributed by atoms with Crippen LogP contribution in [-0.2, 0) is 4.74 Å². The summed E-state index contributed by atoms with van der Waals surface area (Å²) < 4.78 is 10.1. The molecule has 20 heavy (non-hydrogen) atoms. The summed E-state index contributed by atoms with van der Waals surface area (Å²) in [5, 5.41) is 0. The van der Waals surface area contributed by atoms with Crippen LogP contribution in [-0.4, -0.2) is 25.2 Å². The average molecular weight is 280 g/mol. The lowest BCUT2D eigenvalue weighted by molar-refractivity contribution is 0.0912. The number of hydrazine groups is 1. The van der Waals surface area contributed by atoms with Gasteiger partial charge >= 0.3 is 6.09 Å². The maximum absolute atomic E-state index is 11.7. The van der Waals surface area contributed by atoms with Gasteiger partial charge in [-0.3, -0.25) is 10.2 Å². The number of hydrogen-bond acceptors (Lipinski definition) is 4. The number of nitrogens with one attached hydrogen (secondary N) is 2. The molecular formula is C14H20N2O4. The monoisotopic (exact) mass is 280 g/mol. The predicted molar refractivity (Wildman–Crippen MR) is 74.5 cm³/mol. The molecule has 0 atom stereocenters. The number of carbonyl (C=O) groups is 2. The van der Waals surface area contributed by atoms with Gasteiger partial charge in [-0.2, -0.15) is 0 Å². The van der Waals surface area contributed by atoms with E-state index in [0.717, 1.165) is 12.8 Å². The number of carbonyl (C=O) groups excluding carboxylic acids is 2. The van der Waals surface area contributed by atoms with Crippen LogP contribution in [0.5, 0.6) is 5.75 Å². The van der Waals surface area contributed by atoms with Crippen LogP contribution in [0.25, 0.3) is 0 Å².